The van der Waals surface area contributed by atoms with Gasteiger partial charge in [0.15, 0.2) is 0 Å². The third-order valence-corrected chi connectivity index (χ3v) is 2.79. The molecule has 1 rings (SSSR count). The maximum absolute atomic E-state index is 6.08. The van der Waals surface area contributed by atoms with Crippen molar-refractivity contribution < 1.29 is 4.74 Å². The Labute approximate surface area is 100 Å². The molecule has 15 heavy (non-hydrogen) atoms. The fourth-order valence-electron chi connectivity index (χ4n) is 1.21. The van der Waals surface area contributed by atoms with Gasteiger partial charge in [0, 0.05) is 12.3 Å². The van der Waals surface area contributed by atoms with Crippen molar-refractivity contribution in [3.05, 3.63) is 28.8 Å². The van der Waals surface area contributed by atoms with Crippen LogP contribution in [0.25, 0.3) is 0 Å². The Balaban J connectivity index is 2.58. The van der Waals surface area contributed by atoms with E-state index in [1.807, 2.05) is 25.2 Å². The molecule has 0 aliphatic rings. The van der Waals surface area contributed by atoms with Crippen molar-refractivity contribution in [2.75, 3.05) is 25.7 Å². The van der Waals surface area contributed by atoms with E-state index < -0.39 is 0 Å². The van der Waals surface area contributed by atoms with E-state index in [2.05, 4.69) is 11.6 Å². The molecule has 2 nitrogen and oxygen atoms in total. The van der Waals surface area contributed by atoms with E-state index in [4.69, 9.17) is 16.3 Å². The van der Waals surface area contributed by atoms with E-state index >= 15 is 0 Å². The maximum atomic E-state index is 6.08. The van der Waals surface area contributed by atoms with Crippen LogP contribution in [0.2, 0.25) is 5.02 Å². The highest BCUT2D eigenvalue weighted by Gasteiger charge is 2.02. The van der Waals surface area contributed by atoms with Gasteiger partial charge in [0.25, 0.3) is 0 Å². The number of nitrogens with one attached hydrogen (secondary N) is 1. The Hall–Kier alpha value is -0.380. The molecule has 0 bridgehead atoms. The normalized spacial score (nSPS) is 10.3. The van der Waals surface area contributed by atoms with Crippen LogP contribution in [0.5, 0.6) is 5.75 Å². The fraction of sp³-hybridized carbons (Fsp3) is 0.455. The minimum absolute atomic E-state index is 0.684. The van der Waals surface area contributed by atoms with E-state index in [1.54, 1.807) is 11.8 Å². The zero-order chi connectivity index (χ0) is 11.1. The largest absolute Gasteiger partial charge is 0.491 e. The average Bonchev–Trinajstić information content (AvgIpc) is 2.22. The molecule has 4 heteroatoms. The van der Waals surface area contributed by atoms with Gasteiger partial charge in [-0.25, -0.2) is 0 Å². The first kappa shape index (κ1) is 12.7. The third-order valence-electron chi connectivity index (χ3n) is 1.92. The monoisotopic (exact) mass is 245 g/mol. The molecular weight excluding hydrogens is 230 g/mol. The SMILES string of the molecule is CNCc1ccc(OCCSC)c(Cl)c1. The highest BCUT2D eigenvalue weighted by Crippen LogP contribution is 2.25. The number of halogens is 1. The van der Waals surface area contributed by atoms with Crippen LogP contribution in [0, 0.1) is 0 Å². The van der Waals surface area contributed by atoms with Crippen LogP contribution in [0.1, 0.15) is 5.56 Å². The first-order valence-corrected chi connectivity index (χ1v) is 6.60. The summed E-state index contributed by atoms with van der Waals surface area (Å²) in [5, 5.41) is 3.76. The summed E-state index contributed by atoms with van der Waals surface area (Å²) >= 11 is 7.84. The minimum Gasteiger partial charge on any atom is -0.491 e. The summed E-state index contributed by atoms with van der Waals surface area (Å²) in [6.07, 6.45) is 2.06. The number of hydrogen-bond donors (Lipinski definition) is 1. The Kier molecular flexibility index (Phi) is 5.91. The Morgan fingerprint density at radius 1 is 1.47 bits per heavy atom. The summed E-state index contributed by atoms with van der Waals surface area (Å²) in [6.45, 7) is 1.52. The molecule has 1 aromatic carbocycles. The third kappa shape index (κ3) is 4.33. The van der Waals surface area contributed by atoms with Crippen LogP contribution < -0.4 is 10.1 Å². The predicted octanol–water partition coefficient (Wildman–Crippen LogP) is 2.80. The molecule has 1 N–H and O–H groups in total. The molecule has 0 radical (unpaired) electrons. The lowest BCUT2D eigenvalue weighted by Crippen LogP contribution is -2.05. The van der Waals surface area contributed by atoms with Crippen molar-refractivity contribution in [1.29, 1.82) is 0 Å². The summed E-state index contributed by atoms with van der Waals surface area (Å²) in [7, 11) is 1.91. The molecule has 0 atom stereocenters. The van der Waals surface area contributed by atoms with Gasteiger partial charge >= 0.3 is 0 Å². The maximum Gasteiger partial charge on any atom is 0.137 e. The summed E-state index contributed by atoms with van der Waals surface area (Å²) in [5.74, 6) is 1.75. The van der Waals surface area contributed by atoms with Crippen molar-refractivity contribution in [3.8, 4) is 5.75 Å². The van der Waals surface area contributed by atoms with Gasteiger partial charge in [-0.1, -0.05) is 17.7 Å². The molecule has 0 unspecified atom stereocenters. The molecule has 84 valence electrons. The first-order valence-electron chi connectivity index (χ1n) is 4.82. The topological polar surface area (TPSA) is 21.3 Å². The van der Waals surface area contributed by atoms with Crippen LogP contribution in [-0.2, 0) is 6.54 Å². The molecule has 0 fully saturated rings. The number of ether oxygens (including phenoxy) is 1. The van der Waals surface area contributed by atoms with Gasteiger partial charge < -0.3 is 10.1 Å². The number of rotatable bonds is 6. The molecule has 0 aliphatic carbocycles. The predicted molar refractivity (Wildman–Crippen MR) is 68.1 cm³/mol. The summed E-state index contributed by atoms with van der Waals surface area (Å²) < 4.78 is 5.54. The van der Waals surface area contributed by atoms with Crippen molar-refractivity contribution in [2.45, 2.75) is 6.54 Å². The van der Waals surface area contributed by atoms with E-state index in [0.29, 0.717) is 11.6 Å². The minimum atomic E-state index is 0.684. The van der Waals surface area contributed by atoms with E-state index in [1.165, 1.54) is 5.56 Å². The Bertz CT molecular complexity index is 307. The van der Waals surface area contributed by atoms with E-state index in [-0.39, 0.29) is 0 Å². The smallest absolute Gasteiger partial charge is 0.137 e. The Morgan fingerprint density at radius 2 is 2.27 bits per heavy atom. The van der Waals surface area contributed by atoms with Gasteiger partial charge in [-0.3, -0.25) is 0 Å². The second-order valence-electron chi connectivity index (χ2n) is 3.14. The molecule has 0 aliphatic heterocycles. The van der Waals surface area contributed by atoms with Gasteiger partial charge in [0.1, 0.15) is 5.75 Å². The zero-order valence-corrected chi connectivity index (χ0v) is 10.6. The highest BCUT2D eigenvalue weighted by molar-refractivity contribution is 7.98. The van der Waals surface area contributed by atoms with Gasteiger partial charge in [-0.2, -0.15) is 11.8 Å². The van der Waals surface area contributed by atoms with Crippen LogP contribution in [0.4, 0.5) is 0 Å². The van der Waals surface area contributed by atoms with Crippen molar-refractivity contribution in [2.24, 2.45) is 0 Å². The van der Waals surface area contributed by atoms with E-state index in [0.717, 1.165) is 18.0 Å². The van der Waals surface area contributed by atoms with Gasteiger partial charge in [-0.15, -0.1) is 0 Å². The quantitative estimate of drug-likeness (QED) is 0.779. The van der Waals surface area contributed by atoms with Crippen LogP contribution in [0.15, 0.2) is 18.2 Å². The van der Waals surface area contributed by atoms with Crippen molar-refractivity contribution >= 4 is 23.4 Å². The number of benzene rings is 1. The lowest BCUT2D eigenvalue weighted by atomic mass is 10.2. The average molecular weight is 246 g/mol. The lowest BCUT2D eigenvalue weighted by molar-refractivity contribution is 0.344. The Morgan fingerprint density at radius 3 is 2.87 bits per heavy atom. The second kappa shape index (κ2) is 6.99. The second-order valence-corrected chi connectivity index (χ2v) is 4.53. The standard InChI is InChI=1S/C11H16ClNOS/c1-13-8-9-3-4-11(10(12)7-9)14-5-6-15-2/h3-4,7,13H,5-6,8H2,1-2H3. The molecule has 1 aromatic rings. The molecule has 0 spiro atoms. The van der Waals surface area contributed by atoms with Gasteiger partial charge in [0.05, 0.1) is 11.6 Å². The summed E-state index contributed by atoms with van der Waals surface area (Å²) in [4.78, 5) is 0. The summed E-state index contributed by atoms with van der Waals surface area (Å²) in [5.41, 5.74) is 1.17. The van der Waals surface area contributed by atoms with Gasteiger partial charge in [0.2, 0.25) is 0 Å². The van der Waals surface area contributed by atoms with Gasteiger partial charge in [-0.05, 0) is 31.0 Å². The lowest BCUT2D eigenvalue weighted by Gasteiger charge is -2.08. The summed E-state index contributed by atoms with van der Waals surface area (Å²) in [6, 6.07) is 5.89. The van der Waals surface area contributed by atoms with Crippen molar-refractivity contribution in [3.63, 3.8) is 0 Å². The first-order chi connectivity index (χ1) is 7.27. The number of thioether (sulfide) groups is 1. The van der Waals surface area contributed by atoms with Crippen LogP contribution >= 0.6 is 23.4 Å². The molecule has 0 amide bonds. The van der Waals surface area contributed by atoms with Crippen LogP contribution in [0.3, 0.4) is 0 Å². The molecular formula is C11H16ClNOS. The zero-order valence-electron chi connectivity index (χ0n) is 9.05. The molecule has 0 saturated carbocycles. The molecule has 0 heterocycles. The molecule has 0 aromatic heterocycles. The fourth-order valence-corrected chi connectivity index (χ4v) is 1.72. The number of hydrogen-bond acceptors (Lipinski definition) is 3. The molecule has 0 saturated heterocycles. The van der Waals surface area contributed by atoms with Crippen LogP contribution in [-0.4, -0.2) is 25.7 Å². The van der Waals surface area contributed by atoms with E-state index in [9.17, 15) is 0 Å². The highest BCUT2D eigenvalue weighted by atomic mass is 35.5. The van der Waals surface area contributed by atoms with Crippen molar-refractivity contribution in [1.82, 2.24) is 5.32 Å².